The minimum absolute atomic E-state index is 0.00882. The summed E-state index contributed by atoms with van der Waals surface area (Å²) in [6, 6.07) is 6.49. The van der Waals surface area contributed by atoms with Gasteiger partial charge in [0.25, 0.3) is 5.69 Å². The Hall–Kier alpha value is -1.46. The number of para-hydroxylation sites is 1. The second kappa shape index (κ2) is 4.43. The molecule has 1 saturated carbocycles. The van der Waals surface area contributed by atoms with Crippen LogP contribution in [0.25, 0.3) is 0 Å². The Kier molecular flexibility index (Phi) is 3.13. The first-order valence-electron chi connectivity index (χ1n) is 5.75. The highest BCUT2D eigenvalue weighted by Crippen LogP contribution is 2.40. The van der Waals surface area contributed by atoms with E-state index in [0.717, 1.165) is 0 Å². The van der Waals surface area contributed by atoms with Gasteiger partial charge in [-0.25, -0.2) is 0 Å². The van der Waals surface area contributed by atoms with Gasteiger partial charge >= 0.3 is 0 Å². The number of aliphatic hydroxyl groups is 1. The lowest BCUT2D eigenvalue weighted by Gasteiger charge is -2.34. The van der Waals surface area contributed by atoms with Gasteiger partial charge in [0.15, 0.2) is 0 Å². The zero-order chi connectivity index (χ0) is 12.5. The van der Waals surface area contributed by atoms with E-state index >= 15 is 0 Å². The molecule has 92 valence electrons. The van der Waals surface area contributed by atoms with Crippen molar-refractivity contribution in [2.45, 2.75) is 37.3 Å². The smallest absolute Gasteiger partial charge is 0.275 e. The van der Waals surface area contributed by atoms with Gasteiger partial charge in [0.2, 0.25) is 0 Å². The largest absolute Gasteiger partial charge is 0.385 e. The maximum absolute atomic E-state index is 10.9. The molecule has 1 aliphatic rings. The summed E-state index contributed by atoms with van der Waals surface area (Å²) in [7, 11) is 0. The highest BCUT2D eigenvalue weighted by molar-refractivity contribution is 5.44. The first-order chi connectivity index (χ1) is 8.03. The second-order valence-corrected chi connectivity index (χ2v) is 4.64. The molecule has 17 heavy (non-hydrogen) atoms. The van der Waals surface area contributed by atoms with Crippen LogP contribution in [-0.4, -0.2) is 16.1 Å². The minimum atomic E-state index is -1.10. The van der Waals surface area contributed by atoms with E-state index in [1.807, 2.05) is 0 Å². The molecule has 5 heteroatoms. The van der Waals surface area contributed by atoms with Crippen LogP contribution in [0, 0.1) is 10.1 Å². The standard InChI is InChI=1S/C12H16N2O3/c13-9-5-7-12(15,8-6-9)10-3-1-2-4-11(10)14(16)17/h1-4,9,15H,5-8,13H2. The fourth-order valence-corrected chi connectivity index (χ4v) is 2.41. The molecular weight excluding hydrogens is 220 g/mol. The van der Waals surface area contributed by atoms with Crippen LogP contribution in [0.15, 0.2) is 24.3 Å². The average Bonchev–Trinajstić information content (AvgIpc) is 2.33. The normalized spacial score (nSPS) is 28.9. The predicted octanol–water partition coefficient (Wildman–Crippen LogP) is 1.68. The van der Waals surface area contributed by atoms with Crippen molar-refractivity contribution in [1.82, 2.24) is 0 Å². The van der Waals surface area contributed by atoms with Crippen LogP contribution >= 0.6 is 0 Å². The first kappa shape index (κ1) is 12.0. The maximum atomic E-state index is 10.9. The van der Waals surface area contributed by atoms with Crippen molar-refractivity contribution in [1.29, 1.82) is 0 Å². The fraction of sp³-hybridized carbons (Fsp3) is 0.500. The monoisotopic (exact) mass is 236 g/mol. The van der Waals surface area contributed by atoms with Gasteiger partial charge < -0.3 is 10.8 Å². The Morgan fingerprint density at radius 3 is 2.53 bits per heavy atom. The average molecular weight is 236 g/mol. The maximum Gasteiger partial charge on any atom is 0.275 e. The van der Waals surface area contributed by atoms with Gasteiger partial charge in [-0.1, -0.05) is 12.1 Å². The van der Waals surface area contributed by atoms with E-state index in [2.05, 4.69) is 0 Å². The number of hydrogen-bond donors (Lipinski definition) is 2. The molecule has 1 fully saturated rings. The molecule has 1 aliphatic carbocycles. The van der Waals surface area contributed by atoms with E-state index < -0.39 is 10.5 Å². The Bertz CT molecular complexity index is 426. The molecule has 1 aromatic carbocycles. The summed E-state index contributed by atoms with van der Waals surface area (Å²) in [6.07, 6.45) is 2.36. The molecule has 0 atom stereocenters. The van der Waals surface area contributed by atoms with Gasteiger partial charge in [0, 0.05) is 12.1 Å². The van der Waals surface area contributed by atoms with Crippen LogP contribution in [0.4, 0.5) is 5.69 Å². The highest BCUT2D eigenvalue weighted by atomic mass is 16.6. The van der Waals surface area contributed by atoms with Gasteiger partial charge in [-0.15, -0.1) is 0 Å². The van der Waals surface area contributed by atoms with Crippen LogP contribution < -0.4 is 5.73 Å². The third-order valence-electron chi connectivity index (χ3n) is 3.46. The van der Waals surface area contributed by atoms with E-state index in [1.165, 1.54) is 6.07 Å². The molecule has 5 nitrogen and oxygen atoms in total. The minimum Gasteiger partial charge on any atom is -0.385 e. The van der Waals surface area contributed by atoms with Crippen molar-refractivity contribution in [3.63, 3.8) is 0 Å². The first-order valence-corrected chi connectivity index (χ1v) is 5.75. The molecule has 0 bridgehead atoms. The Morgan fingerprint density at radius 1 is 1.35 bits per heavy atom. The van der Waals surface area contributed by atoms with Crippen LogP contribution in [0.2, 0.25) is 0 Å². The van der Waals surface area contributed by atoms with Crippen molar-refractivity contribution in [3.8, 4) is 0 Å². The second-order valence-electron chi connectivity index (χ2n) is 4.64. The molecule has 0 radical (unpaired) electrons. The molecule has 0 heterocycles. The number of benzene rings is 1. The van der Waals surface area contributed by atoms with Gasteiger partial charge in [-0.2, -0.15) is 0 Å². The van der Waals surface area contributed by atoms with Crippen molar-refractivity contribution in [2.24, 2.45) is 5.73 Å². The Labute approximate surface area is 99.4 Å². The Morgan fingerprint density at radius 2 is 1.94 bits per heavy atom. The molecule has 3 N–H and O–H groups in total. The van der Waals surface area contributed by atoms with E-state index in [-0.39, 0.29) is 11.7 Å². The molecule has 0 aliphatic heterocycles. The number of nitro benzene ring substituents is 1. The molecular formula is C12H16N2O3. The lowest BCUT2D eigenvalue weighted by Crippen LogP contribution is -2.37. The number of nitro groups is 1. The zero-order valence-corrected chi connectivity index (χ0v) is 9.50. The van der Waals surface area contributed by atoms with Crippen LogP contribution in [0.3, 0.4) is 0 Å². The van der Waals surface area contributed by atoms with E-state index in [4.69, 9.17) is 5.73 Å². The van der Waals surface area contributed by atoms with Crippen molar-refractivity contribution in [2.75, 3.05) is 0 Å². The number of nitrogens with two attached hydrogens (primary N) is 1. The topological polar surface area (TPSA) is 89.4 Å². The van der Waals surface area contributed by atoms with E-state index in [0.29, 0.717) is 31.2 Å². The van der Waals surface area contributed by atoms with Gasteiger partial charge in [-0.3, -0.25) is 10.1 Å². The van der Waals surface area contributed by atoms with E-state index in [9.17, 15) is 15.2 Å². The lowest BCUT2D eigenvalue weighted by molar-refractivity contribution is -0.386. The van der Waals surface area contributed by atoms with Crippen molar-refractivity contribution >= 4 is 5.69 Å². The predicted molar refractivity (Wildman–Crippen MR) is 63.4 cm³/mol. The number of rotatable bonds is 2. The Balaban J connectivity index is 2.36. The molecule has 0 aromatic heterocycles. The summed E-state index contributed by atoms with van der Waals surface area (Å²) < 4.78 is 0. The summed E-state index contributed by atoms with van der Waals surface area (Å²) in [5.41, 5.74) is 5.09. The van der Waals surface area contributed by atoms with Crippen LogP contribution in [-0.2, 0) is 5.60 Å². The number of hydrogen-bond acceptors (Lipinski definition) is 4. The van der Waals surface area contributed by atoms with Crippen molar-refractivity contribution in [3.05, 3.63) is 39.9 Å². The summed E-state index contributed by atoms with van der Waals surface area (Å²) in [4.78, 5) is 10.5. The molecule has 0 amide bonds. The highest BCUT2D eigenvalue weighted by Gasteiger charge is 2.38. The fourth-order valence-electron chi connectivity index (χ4n) is 2.41. The van der Waals surface area contributed by atoms with Gasteiger partial charge in [0.05, 0.1) is 16.1 Å². The number of nitrogens with zero attached hydrogens (tertiary/aromatic N) is 1. The summed E-state index contributed by atoms with van der Waals surface area (Å²) >= 11 is 0. The molecule has 0 unspecified atom stereocenters. The molecule has 0 saturated heterocycles. The zero-order valence-electron chi connectivity index (χ0n) is 9.50. The third kappa shape index (κ3) is 2.30. The summed E-state index contributed by atoms with van der Waals surface area (Å²) in [6.45, 7) is 0. The van der Waals surface area contributed by atoms with Crippen molar-refractivity contribution < 1.29 is 10.0 Å². The summed E-state index contributed by atoms with van der Waals surface area (Å²) in [5, 5.41) is 21.5. The third-order valence-corrected chi connectivity index (χ3v) is 3.46. The molecule has 2 rings (SSSR count). The lowest BCUT2D eigenvalue weighted by atomic mass is 9.77. The SMILES string of the molecule is NC1CCC(O)(c2ccccc2[N+](=O)[O-])CC1. The molecule has 0 spiro atoms. The summed E-state index contributed by atoms with van der Waals surface area (Å²) in [5.74, 6) is 0. The molecule has 1 aromatic rings. The quantitative estimate of drug-likeness (QED) is 0.604. The van der Waals surface area contributed by atoms with Crippen LogP contribution in [0.5, 0.6) is 0 Å². The van der Waals surface area contributed by atoms with E-state index in [1.54, 1.807) is 18.2 Å². The van der Waals surface area contributed by atoms with Gasteiger partial charge in [0.1, 0.15) is 0 Å². The van der Waals surface area contributed by atoms with Gasteiger partial charge in [-0.05, 0) is 31.7 Å². The van der Waals surface area contributed by atoms with Crippen LogP contribution in [0.1, 0.15) is 31.2 Å².